The van der Waals surface area contributed by atoms with Crippen LogP contribution in [0.2, 0.25) is 0 Å². The molecule has 0 radical (unpaired) electrons. The molecule has 1 N–H and O–H groups in total. The molecular formula is C11H10F3N3. The highest BCUT2D eigenvalue weighted by Crippen LogP contribution is 2.21. The molecule has 90 valence electrons. The lowest BCUT2D eigenvalue weighted by Crippen LogP contribution is -2.07. The van der Waals surface area contributed by atoms with Crippen molar-refractivity contribution in [3.05, 3.63) is 42.0 Å². The van der Waals surface area contributed by atoms with Gasteiger partial charge < -0.3 is 5.32 Å². The minimum Gasteiger partial charge on any atom is -0.356 e. The Morgan fingerprint density at radius 2 is 2.06 bits per heavy atom. The molecule has 1 heterocycles. The average molecular weight is 241 g/mol. The third kappa shape index (κ3) is 2.11. The molecule has 1 aromatic carbocycles. The summed E-state index contributed by atoms with van der Waals surface area (Å²) in [7, 11) is 0. The molecule has 0 aliphatic heterocycles. The average Bonchev–Trinajstić information content (AvgIpc) is 2.72. The monoisotopic (exact) mass is 241 g/mol. The van der Waals surface area contributed by atoms with E-state index in [0.29, 0.717) is 18.6 Å². The van der Waals surface area contributed by atoms with Gasteiger partial charge in [-0.2, -0.15) is 0 Å². The fourth-order valence-electron chi connectivity index (χ4n) is 1.50. The van der Waals surface area contributed by atoms with Crippen LogP contribution in [0.3, 0.4) is 0 Å². The number of nitrogens with zero attached hydrogens (tertiary/aromatic N) is 2. The molecule has 17 heavy (non-hydrogen) atoms. The predicted molar refractivity (Wildman–Crippen MR) is 57.6 cm³/mol. The zero-order valence-electron chi connectivity index (χ0n) is 9.04. The molecule has 6 heteroatoms. The van der Waals surface area contributed by atoms with Gasteiger partial charge in [0.1, 0.15) is 5.82 Å². The molecule has 0 aliphatic rings. The fourth-order valence-corrected chi connectivity index (χ4v) is 1.50. The van der Waals surface area contributed by atoms with Gasteiger partial charge in [0.2, 0.25) is 5.95 Å². The Balaban J connectivity index is 2.56. The normalized spacial score (nSPS) is 10.6. The van der Waals surface area contributed by atoms with Crippen LogP contribution in [0.4, 0.5) is 19.1 Å². The number of halogens is 3. The number of hydrogen-bond acceptors (Lipinski definition) is 2. The van der Waals surface area contributed by atoms with Gasteiger partial charge in [-0.1, -0.05) is 0 Å². The molecule has 3 nitrogen and oxygen atoms in total. The van der Waals surface area contributed by atoms with Gasteiger partial charge in [-0.05, 0) is 6.92 Å². The Morgan fingerprint density at radius 1 is 1.29 bits per heavy atom. The maximum atomic E-state index is 13.5. The van der Waals surface area contributed by atoms with Crippen LogP contribution in [0.1, 0.15) is 6.92 Å². The van der Waals surface area contributed by atoms with Crippen molar-refractivity contribution in [1.29, 1.82) is 0 Å². The largest absolute Gasteiger partial charge is 0.356 e. The molecule has 0 saturated heterocycles. The first-order valence-electron chi connectivity index (χ1n) is 5.05. The van der Waals surface area contributed by atoms with Crippen molar-refractivity contribution < 1.29 is 13.2 Å². The Kier molecular flexibility index (Phi) is 3.03. The summed E-state index contributed by atoms with van der Waals surface area (Å²) in [6.45, 7) is 2.40. The third-order valence-electron chi connectivity index (χ3n) is 2.21. The second kappa shape index (κ2) is 4.48. The lowest BCUT2D eigenvalue weighted by atomic mass is 10.3. The number of imidazole rings is 1. The quantitative estimate of drug-likeness (QED) is 0.837. The van der Waals surface area contributed by atoms with Gasteiger partial charge in [0.05, 0.1) is 5.69 Å². The van der Waals surface area contributed by atoms with Crippen molar-refractivity contribution in [2.24, 2.45) is 0 Å². The first-order valence-corrected chi connectivity index (χ1v) is 5.05. The van der Waals surface area contributed by atoms with E-state index in [2.05, 4.69) is 10.3 Å². The molecule has 1 aromatic heterocycles. The lowest BCUT2D eigenvalue weighted by molar-refractivity contribution is 0.491. The van der Waals surface area contributed by atoms with Gasteiger partial charge in [-0.15, -0.1) is 0 Å². The van der Waals surface area contributed by atoms with Gasteiger partial charge in [0.25, 0.3) is 0 Å². The van der Waals surface area contributed by atoms with Crippen LogP contribution in [-0.4, -0.2) is 16.1 Å². The van der Waals surface area contributed by atoms with Gasteiger partial charge in [0, 0.05) is 31.1 Å². The van der Waals surface area contributed by atoms with Crippen molar-refractivity contribution in [3.8, 4) is 5.69 Å². The summed E-state index contributed by atoms with van der Waals surface area (Å²) in [5, 5.41) is 2.86. The summed E-state index contributed by atoms with van der Waals surface area (Å²) in [4.78, 5) is 3.92. The van der Waals surface area contributed by atoms with E-state index in [1.165, 1.54) is 17.0 Å². The highest BCUT2D eigenvalue weighted by Gasteiger charge is 2.14. The van der Waals surface area contributed by atoms with Crippen LogP contribution < -0.4 is 5.32 Å². The highest BCUT2D eigenvalue weighted by molar-refractivity contribution is 5.43. The molecule has 0 fully saturated rings. The van der Waals surface area contributed by atoms with Crippen molar-refractivity contribution in [2.45, 2.75) is 6.92 Å². The van der Waals surface area contributed by atoms with Crippen LogP contribution in [0.25, 0.3) is 5.69 Å². The molecule has 0 spiro atoms. The second-order valence-corrected chi connectivity index (χ2v) is 3.37. The van der Waals surface area contributed by atoms with E-state index in [9.17, 15) is 13.2 Å². The van der Waals surface area contributed by atoms with Crippen LogP contribution >= 0.6 is 0 Å². The Hall–Kier alpha value is -1.98. The van der Waals surface area contributed by atoms with Gasteiger partial charge in [0.15, 0.2) is 11.6 Å². The van der Waals surface area contributed by atoms with Crippen molar-refractivity contribution in [1.82, 2.24) is 9.55 Å². The minimum absolute atomic E-state index is 0.212. The van der Waals surface area contributed by atoms with Crippen LogP contribution in [0.5, 0.6) is 0 Å². The van der Waals surface area contributed by atoms with Crippen LogP contribution in [0.15, 0.2) is 24.5 Å². The molecule has 0 amide bonds. The Labute approximate surface area is 95.9 Å². The first-order chi connectivity index (χ1) is 8.13. The fraction of sp³-hybridized carbons (Fsp3) is 0.182. The zero-order chi connectivity index (χ0) is 12.4. The van der Waals surface area contributed by atoms with E-state index in [1.54, 1.807) is 0 Å². The summed E-state index contributed by atoms with van der Waals surface area (Å²) in [6.07, 6.45) is 2.84. The van der Waals surface area contributed by atoms with Gasteiger partial charge in [-0.25, -0.2) is 18.2 Å². The van der Waals surface area contributed by atoms with Gasteiger partial charge in [-0.3, -0.25) is 4.57 Å². The molecular weight excluding hydrogens is 231 g/mol. The Morgan fingerprint density at radius 3 is 2.76 bits per heavy atom. The minimum atomic E-state index is -1.23. The summed E-state index contributed by atoms with van der Waals surface area (Å²) >= 11 is 0. The SMILES string of the molecule is CCNc1nccn1-c1cc(F)cc(F)c1F. The number of nitrogens with one attached hydrogen (secondary N) is 1. The van der Waals surface area contributed by atoms with Crippen LogP contribution in [-0.2, 0) is 0 Å². The molecule has 0 bridgehead atoms. The molecule has 2 aromatic rings. The first kappa shape index (κ1) is 11.5. The van der Waals surface area contributed by atoms with Crippen molar-refractivity contribution in [3.63, 3.8) is 0 Å². The van der Waals surface area contributed by atoms with Crippen LogP contribution in [0, 0.1) is 17.5 Å². The van der Waals surface area contributed by atoms with E-state index in [4.69, 9.17) is 0 Å². The second-order valence-electron chi connectivity index (χ2n) is 3.37. The summed E-state index contributed by atoms with van der Waals surface area (Å²) in [6, 6.07) is 1.42. The Bertz CT molecular complexity index is 537. The lowest BCUT2D eigenvalue weighted by Gasteiger charge is -2.09. The molecule has 0 unspecified atom stereocenters. The number of aromatic nitrogens is 2. The maximum Gasteiger partial charge on any atom is 0.207 e. The summed E-state index contributed by atoms with van der Waals surface area (Å²) < 4.78 is 40.9. The third-order valence-corrected chi connectivity index (χ3v) is 2.21. The topological polar surface area (TPSA) is 29.9 Å². The van der Waals surface area contributed by atoms with E-state index in [1.807, 2.05) is 6.92 Å². The molecule has 0 saturated carbocycles. The summed E-state index contributed by atoms with van der Waals surface area (Å²) in [5.74, 6) is -2.84. The summed E-state index contributed by atoms with van der Waals surface area (Å²) in [5.41, 5.74) is -0.212. The van der Waals surface area contributed by atoms with Crippen molar-refractivity contribution >= 4 is 5.95 Å². The highest BCUT2D eigenvalue weighted by atomic mass is 19.2. The molecule has 0 aliphatic carbocycles. The van der Waals surface area contributed by atoms with E-state index in [-0.39, 0.29) is 5.69 Å². The maximum absolute atomic E-state index is 13.5. The van der Waals surface area contributed by atoms with E-state index >= 15 is 0 Å². The number of benzene rings is 1. The standard InChI is InChI=1S/C11H10F3N3/c1-2-15-11-16-3-4-17(11)9-6-7(12)5-8(13)10(9)14/h3-6H,2H2,1H3,(H,15,16). The number of hydrogen-bond donors (Lipinski definition) is 1. The van der Waals surface area contributed by atoms with Gasteiger partial charge >= 0.3 is 0 Å². The number of anilines is 1. The predicted octanol–water partition coefficient (Wildman–Crippen LogP) is 2.72. The smallest absolute Gasteiger partial charge is 0.207 e. The molecule has 2 rings (SSSR count). The zero-order valence-corrected chi connectivity index (χ0v) is 9.04. The van der Waals surface area contributed by atoms with E-state index in [0.717, 1.165) is 6.07 Å². The van der Waals surface area contributed by atoms with E-state index < -0.39 is 17.5 Å². The number of rotatable bonds is 3. The molecule has 0 atom stereocenters. The van der Waals surface area contributed by atoms with Crippen molar-refractivity contribution in [2.75, 3.05) is 11.9 Å².